The molecule has 0 radical (unpaired) electrons. The number of benzene rings is 1. The Bertz CT molecular complexity index is 746. The minimum Gasteiger partial charge on any atom is -0.307 e. The lowest BCUT2D eigenvalue weighted by atomic mass is 10.1. The van der Waals surface area contributed by atoms with Crippen molar-refractivity contribution in [2.24, 2.45) is 0 Å². The highest BCUT2D eigenvalue weighted by Gasteiger charge is 2.08. The fourth-order valence-corrected chi connectivity index (χ4v) is 2.27. The molecular formula is C16H18FN5. The molecule has 3 rings (SSSR count). The largest absolute Gasteiger partial charge is 0.307 e. The van der Waals surface area contributed by atoms with Crippen LogP contribution in [0.2, 0.25) is 0 Å². The van der Waals surface area contributed by atoms with Crippen molar-refractivity contribution in [3.63, 3.8) is 0 Å². The second kappa shape index (κ2) is 6.53. The van der Waals surface area contributed by atoms with Gasteiger partial charge in [-0.25, -0.2) is 4.39 Å². The van der Waals surface area contributed by atoms with Crippen LogP contribution in [0.1, 0.15) is 18.2 Å². The molecule has 0 unspecified atom stereocenters. The van der Waals surface area contributed by atoms with Gasteiger partial charge in [-0.1, -0.05) is 12.1 Å². The Morgan fingerprint density at radius 2 is 2.14 bits per heavy atom. The number of aromatic nitrogens is 4. The van der Waals surface area contributed by atoms with Crippen LogP contribution < -0.4 is 5.32 Å². The van der Waals surface area contributed by atoms with Crippen LogP contribution in [0.3, 0.4) is 0 Å². The molecule has 1 aromatic carbocycles. The van der Waals surface area contributed by atoms with Gasteiger partial charge in [0.1, 0.15) is 5.82 Å². The zero-order valence-corrected chi connectivity index (χ0v) is 12.4. The van der Waals surface area contributed by atoms with E-state index >= 15 is 0 Å². The van der Waals surface area contributed by atoms with E-state index in [1.54, 1.807) is 18.2 Å². The van der Waals surface area contributed by atoms with Gasteiger partial charge in [0.15, 0.2) is 0 Å². The normalized spacial score (nSPS) is 11.0. The number of aromatic amines is 1. The molecule has 0 bridgehead atoms. The van der Waals surface area contributed by atoms with E-state index in [4.69, 9.17) is 0 Å². The minimum atomic E-state index is -0.263. The highest BCUT2D eigenvalue weighted by atomic mass is 19.1. The first-order valence-corrected chi connectivity index (χ1v) is 7.27. The minimum absolute atomic E-state index is 0.263. The third-order valence-corrected chi connectivity index (χ3v) is 3.44. The quantitative estimate of drug-likeness (QED) is 0.736. The van der Waals surface area contributed by atoms with E-state index in [1.165, 1.54) is 6.07 Å². The molecule has 2 N–H and O–H groups in total. The zero-order valence-electron chi connectivity index (χ0n) is 12.4. The van der Waals surface area contributed by atoms with Crippen molar-refractivity contribution in [2.75, 3.05) is 0 Å². The van der Waals surface area contributed by atoms with Gasteiger partial charge in [0, 0.05) is 42.7 Å². The lowest BCUT2D eigenvalue weighted by molar-refractivity contribution is 0.630. The Hall–Kier alpha value is -2.47. The topological polar surface area (TPSA) is 58.5 Å². The Labute approximate surface area is 128 Å². The SMILES string of the molecule is CCn1cc(CNCc2cc(-c3ccccc3F)n[nH]2)cn1. The molecule has 0 aliphatic carbocycles. The smallest absolute Gasteiger partial charge is 0.132 e. The Morgan fingerprint density at radius 1 is 1.27 bits per heavy atom. The summed E-state index contributed by atoms with van der Waals surface area (Å²) in [4.78, 5) is 0. The van der Waals surface area contributed by atoms with E-state index in [1.807, 2.05) is 23.1 Å². The van der Waals surface area contributed by atoms with Crippen molar-refractivity contribution in [1.29, 1.82) is 0 Å². The lowest BCUT2D eigenvalue weighted by Gasteiger charge is -2.00. The van der Waals surface area contributed by atoms with E-state index in [0.717, 1.165) is 24.3 Å². The van der Waals surface area contributed by atoms with E-state index in [2.05, 4.69) is 27.5 Å². The summed E-state index contributed by atoms with van der Waals surface area (Å²) in [5, 5.41) is 14.6. The van der Waals surface area contributed by atoms with Crippen LogP contribution in [0.4, 0.5) is 4.39 Å². The Kier molecular flexibility index (Phi) is 4.29. The summed E-state index contributed by atoms with van der Waals surface area (Å²) in [6.07, 6.45) is 3.87. The van der Waals surface area contributed by atoms with Gasteiger partial charge in [0.05, 0.1) is 11.9 Å². The molecule has 0 atom stereocenters. The van der Waals surface area contributed by atoms with Gasteiger partial charge in [-0.2, -0.15) is 10.2 Å². The predicted molar refractivity (Wildman–Crippen MR) is 82.4 cm³/mol. The molecule has 114 valence electrons. The summed E-state index contributed by atoms with van der Waals surface area (Å²) in [5.41, 5.74) is 3.18. The van der Waals surface area contributed by atoms with Crippen LogP contribution in [-0.4, -0.2) is 20.0 Å². The summed E-state index contributed by atoms with van der Waals surface area (Å²) in [6.45, 7) is 4.29. The average Bonchev–Trinajstić information content (AvgIpc) is 3.17. The molecule has 2 heterocycles. The highest BCUT2D eigenvalue weighted by Crippen LogP contribution is 2.20. The standard InChI is InChI=1S/C16H18FN5/c1-2-22-11-12(9-19-22)8-18-10-13-7-16(21-20-13)14-5-3-4-6-15(14)17/h3-7,9,11,18H,2,8,10H2,1H3,(H,20,21). The number of aryl methyl sites for hydroxylation is 1. The van der Waals surface area contributed by atoms with E-state index in [0.29, 0.717) is 17.8 Å². The van der Waals surface area contributed by atoms with Crippen molar-refractivity contribution in [3.05, 3.63) is 59.8 Å². The van der Waals surface area contributed by atoms with Crippen molar-refractivity contribution >= 4 is 0 Å². The van der Waals surface area contributed by atoms with Crippen LogP contribution in [0.15, 0.2) is 42.7 Å². The molecule has 3 aromatic rings. The maximum Gasteiger partial charge on any atom is 0.132 e. The molecule has 0 saturated carbocycles. The van der Waals surface area contributed by atoms with Crippen LogP contribution >= 0.6 is 0 Å². The molecule has 0 aliphatic heterocycles. The zero-order chi connectivity index (χ0) is 15.4. The number of hydrogen-bond acceptors (Lipinski definition) is 3. The second-order valence-corrected chi connectivity index (χ2v) is 5.07. The first-order chi connectivity index (χ1) is 10.8. The molecule has 0 fully saturated rings. The number of nitrogens with one attached hydrogen (secondary N) is 2. The number of rotatable bonds is 6. The molecule has 22 heavy (non-hydrogen) atoms. The number of halogens is 1. The predicted octanol–water partition coefficient (Wildman–Crippen LogP) is 2.72. The molecule has 0 saturated heterocycles. The summed E-state index contributed by atoms with van der Waals surface area (Å²) in [6, 6.07) is 8.50. The van der Waals surface area contributed by atoms with Gasteiger partial charge in [0.25, 0.3) is 0 Å². The lowest BCUT2D eigenvalue weighted by Crippen LogP contribution is -2.12. The van der Waals surface area contributed by atoms with Crippen molar-refractivity contribution < 1.29 is 4.39 Å². The Balaban J connectivity index is 1.59. The van der Waals surface area contributed by atoms with Crippen molar-refractivity contribution in [2.45, 2.75) is 26.6 Å². The first kappa shape index (κ1) is 14.5. The molecule has 6 heteroatoms. The van der Waals surface area contributed by atoms with E-state index < -0.39 is 0 Å². The third-order valence-electron chi connectivity index (χ3n) is 3.44. The fraction of sp³-hybridized carbons (Fsp3) is 0.250. The van der Waals surface area contributed by atoms with Crippen LogP contribution in [0.25, 0.3) is 11.3 Å². The summed E-state index contributed by atoms with van der Waals surface area (Å²) in [7, 11) is 0. The van der Waals surface area contributed by atoms with E-state index in [9.17, 15) is 4.39 Å². The van der Waals surface area contributed by atoms with Gasteiger partial charge in [0.2, 0.25) is 0 Å². The van der Waals surface area contributed by atoms with Crippen molar-refractivity contribution in [3.8, 4) is 11.3 Å². The summed E-state index contributed by atoms with van der Waals surface area (Å²) in [5.74, 6) is -0.263. The first-order valence-electron chi connectivity index (χ1n) is 7.27. The third kappa shape index (κ3) is 3.23. The van der Waals surface area contributed by atoms with Gasteiger partial charge in [-0.05, 0) is 25.1 Å². The van der Waals surface area contributed by atoms with Gasteiger partial charge >= 0.3 is 0 Å². The van der Waals surface area contributed by atoms with E-state index in [-0.39, 0.29) is 5.82 Å². The van der Waals surface area contributed by atoms with Crippen LogP contribution in [-0.2, 0) is 19.6 Å². The molecule has 5 nitrogen and oxygen atoms in total. The maximum atomic E-state index is 13.7. The average molecular weight is 299 g/mol. The van der Waals surface area contributed by atoms with Gasteiger partial charge in [-0.15, -0.1) is 0 Å². The van der Waals surface area contributed by atoms with Crippen LogP contribution in [0, 0.1) is 5.82 Å². The Morgan fingerprint density at radius 3 is 2.91 bits per heavy atom. The van der Waals surface area contributed by atoms with Gasteiger partial charge in [-0.3, -0.25) is 9.78 Å². The maximum absolute atomic E-state index is 13.7. The molecule has 2 aromatic heterocycles. The molecule has 0 aliphatic rings. The second-order valence-electron chi connectivity index (χ2n) is 5.07. The summed E-state index contributed by atoms with van der Waals surface area (Å²) >= 11 is 0. The van der Waals surface area contributed by atoms with Crippen LogP contribution in [0.5, 0.6) is 0 Å². The molecule has 0 amide bonds. The monoisotopic (exact) mass is 299 g/mol. The molecule has 0 spiro atoms. The number of hydrogen-bond donors (Lipinski definition) is 2. The highest BCUT2D eigenvalue weighted by molar-refractivity contribution is 5.59. The summed E-state index contributed by atoms with van der Waals surface area (Å²) < 4.78 is 15.6. The number of nitrogens with zero attached hydrogens (tertiary/aromatic N) is 3. The fourth-order valence-electron chi connectivity index (χ4n) is 2.27. The molecular weight excluding hydrogens is 281 g/mol. The number of H-pyrrole nitrogens is 1. The van der Waals surface area contributed by atoms with Crippen molar-refractivity contribution in [1.82, 2.24) is 25.3 Å². The van der Waals surface area contributed by atoms with Gasteiger partial charge < -0.3 is 5.32 Å².